The van der Waals surface area contributed by atoms with E-state index in [2.05, 4.69) is 4.98 Å². The predicted molar refractivity (Wildman–Crippen MR) is 101 cm³/mol. The maximum Gasteiger partial charge on any atom is 0.417 e. The van der Waals surface area contributed by atoms with E-state index in [0.717, 1.165) is 29.2 Å². The highest BCUT2D eigenvalue weighted by Gasteiger charge is 2.46. The average Bonchev–Trinajstić information content (AvgIpc) is 3.19. The zero-order chi connectivity index (χ0) is 23.3. The molecule has 0 radical (unpaired) electrons. The molecular weight excluding hydrogens is 440 g/mol. The lowest BCUT2D eigenvalue weighted by atomic mass is 9.97. The second kappa shape index (κ2) is 7.66. The van der Waals surface area contributed by atoms with E-state index in [4.69, 9.17) is 10.2 Å². The van der Waals surface area contributed by atoms with Gasteiger partial charge in [-0.05, 0) is 29.8 Å². The Labute approximate surface area is 177 Å². The minimum absolute atomic E-state index is 0.0439. The lowest BCUT2D eigenvalue weighted by Gasteiger charge is -2.38. The van der Waals surface area contributed by atoms with Gasteiger partial charge in [-0.1, -0.05) is 12.1 Å². The van der Waals surface area contributed by atoms with Gasteiger partial charge in [0.2, 0.25) is 5.89 Å². The largest absolute Gasteiger partial charge is 0.440 e. The molecule has 32 heavy (non-hydrogen) atoms. The first-order valence-electron chi connectivity index (χ1n) is 9.32. The first kappa shape index (κ1) is 21.9. The molecule has 168 valence electrons. The summed E-state index contributed by atoms with van der Waals surface area (Å²) in [5, 5.41) is 0. The highest BCUT2D eigenvalue weighted by molar-refractivity contribution is 5.95. The van der Waals surface area contributed by atoms with Crippen LogP contribution in [0.2, 0.25) is 0 Å². The number of hydrogen-bond acceptors (Lipinski definition) is 4. The fourth-order valence-corrected chi connectivity index (χ4v) is 3.38. The summed E-state index contributed by atoms with van der Waals surface area (Å²) in [7, 11) is 0. The summed E-state index contributed by atoms with van der Waals surface area (Å²) in [6, 6.07) is 6.24. The number of halogens is 6. The monoisotopic (exact) mass is 455 g/mol. The van der Waals surface area contributed by atoms with Gasteiger partial charge in [0.15, 0.2) is 0 Å². The van der Waals surface area contributed by atoms with Gasteiger partial charge in [-0.2, -0.15) is 13.2 Å². The van der Waals surface area contributed by atoms with Crippen molar-refractivity contribution in [1.82, 2.24) is 9.88 Å². The van der Waals surface area contributed by atoms with Crippen molar-refractivity contribution in [2.45, 2.75) is 18.6 Å². The van der Waals surface area contributed by atoms with Crippen molar-refractivity contribution in [2.24, 2.45) is 5.73 Å². The highest BCUT2D eigenvalue weighted by atomic mass is 19.4. The quantitative estimate of drug-likeness (QED) is 0.578. The SMILES string of the molecule is NCc1cnc(-c2ccc(-c3ccc(C(=O)N4CC(F)(F)C4)cc3F)cc2C(F)(F)F)o1. The van der Waals surface area contributed by atoms with Crippen molar-refractivity contribution in [2.75, 3.05) is 13.1 Å². The molecule has 1 aliphatic heterocycles. The maximum absolute atomic E-state index is 14.7. The Morgan fingerprint density at radius 2 is 1.81 bits per heavy atom. The number of oxazole rings is 1. The summed E-state index contributed by atoms with van der Waals surface area (Å²) in [5.74, 6) is -4.81. The molecule has 5 nitrogen and oxygen atoms in total. The molecule has 2 heterocycles. The van der Waals surface area contributed by atoms with Gasteiger partial charge in [0.25, 0.3) is 11.8 Å². The molecule has 3 aromatic rings. The number of nitrogens with zero attached hydrogens (tertiary/aromatic N) is 2. The molecule has 0 aliphatic carbocycles. The molecule has 1 fully saturated rings. The molecule has 0 spiro atoms. The van der Waals surface area contributed by atoms with Crippen LogP contribution in [0.3, 0.4) is 0 Å². The normalized spacial score (nSPS) is 15.5. The third kappa shape index (κ3) is 4.07. The van der Waals surface area contributed by atoms with Gasteiger partial charge < -0.3 is 15.1 Å². The van der Waals surface area contributed by atoms with Crippen LogP contribution in [0.25, 0.3) is 22.6 Å². The Hall–Kier alpha value is -3.34. The number of nitrogens with two attached hydrogens (primary N) is 1. The first-order chi connectivity index (χ1) is 15.0. The van der Waals surface area contributed by atoms with E-state index in [1.165, 1.54) is 18.3 Å². The second-order valence-corrected chi connectivity index (χ2v) is 7.31. The van der Waals surface area contributed by atoms with Crippen molar-refractivity contribution in [3.63, 3.8) is 0 Å². The molecule has 1 saturated heterocycles. The molecule has 2 aromatic carbocycles. The van der Waals surface area contributed by atoms with Crippen LogP contribution < -0.4 is 5.73 Å². The summed E-state index contributed by atoms with van der Waals surface area (Å²) >= 11 is 0. The zero-order valence-corrected chi connectivity index (χ0v) is 16.2. The summed E-state index contributed by atoms with van der Waals surface area (Å²) in [6.07, 6.45) is -3.58. The van der Waals surface area contributed by atoms with Crippen LogP contribution in [0.1, 0.15) is 21.7 Å². The van der Waals surface area contributed by atoms with Crippen LogP contribution in [0.5, 0.6) is 0 Å². The molecule has 1 aliphatic rings. The minimum Gasteiger partial charge on any atom is -0.440 e. The Balaban J connectivity index is 1.68. The number of hydrogen-bond donors (Lipinski definition) is 1. The Kier molecular flexibility index (Phi) is 5.24. The van der Waals surface area contributed by atoms with Crippen LogP contribution >= 0.6 is 0 Å². The lowest BCUT2D eigenvalue weighted by Crippen LogP contribution is -2.58. The number of rotatable bonds is 4. The van der Waals surface area contributed by atoms with Crippen molar-refractivity contribution in [3.8, 4) is 22.6 Å². The number of aromatic nitrogens is 1. The predicted octanol–water partition coefficient (Wildman–Crippen LogP) is 4.72. The van der Waals surface area contributed by atoms with E-state index >= 15 is 0 Å². The molecular formula is C21H15F6N3O2. The van der Waals surface area contributed by atoms with Gasteiger partial charge >= 0.3 is 6.18 Å². The number of amides is 1. The van der Waals surface area contributed by atoms with Crippen LogP contribution in [0.15, 0.2) is 47.0 Å². The molecule has 0 unspecified atom stereocenters. The van der Waals surface area contributed by atoms with E-state index in [0.29, 0.717) is 0 Å². The highest BCUT2D eigenvalue weighted by Crippen LogP contribution is 2.40. The Bertz CT molecular complexity index is 1180. The first-order valence-corrected chi connectivity index (χ1v) is 9.32. The number of alkyl halides is 5. The van der Waals surface area contributed by atoms with Crippen LogP contribution in [-0.4, -0.2) is 34.8 Å². The summed E-state index contributed by atoms with van der Waals surface area (Å²) in [5.41, 5.74) is 3.49. The molecule has 1 aromatic heterocycles. The molecule has 1 amide bonds. The van der Waals surface area contributed by atoms with E-state index in [9.17, 15) is 31.1 Å². The maximum atomic E-state index is 14.7. The summed E-state index contributed by atoms with van der Waals surface area (Å²) in [6.45, 7) is -1.58. The van der Waals surface area contributed by atoms with Crippen molar-refractivity contribution in [1.29, 1.82) is 0 Å². The van der Waals surface area contributed by atoms with Gasteiger partial charge in [-0.15, -0.1) is 0 Å². The number of likely N-dealkylation sites (tertiary alicyclic amines) is 1. The standard InChI is InChI=1S/C21H15F6N3O2/c22-17-6-12(19(31)30-9-20(23,24)10-30)2-3-14(17)11-1-4-15(16(5-11)21(25,26)27)18-29-8-13(7-28)32-18/h1-6,8H,7,9-10,28H2. The fourth-order valence-electron chi connectivity index (χ4n) is 3.38. The molecule has 4 rings (SSSR count). The van der Waals surface area contributed by atoms with Gasteiger partial charge in [0.05, 0.1) is 31.4 Å². The van der Waals surface area contributed by atoms with Gasteiger partial charge in [-0.3, -0.25) is 4.79 Å². The van der Waals surface area contributed by atoms with Gasteiger partial charge in [0.1, 0.15) is 11.6 Å². The van der Waals surface area contributed by atoms with Crippen LogP contribution in [0.4, 0.5) is 26.3 Å². The van der Waals surface area contributed by atoms with Crippen molar-refractivity contribution < 1.29 is 35.6 Å². The average molecular weight is 455 g/mol. The number of benzene rings is 2. The van der Waals surface area contributed by atoms with Crippen molar-refractivity contribution in [3.05, 3.63) is 65.3 Å². The minimum atomic E-state index is -4.79. The Morgan fingerprint density at radius 1 is 1.12 bits per heavy atom. The van der Waals surface area contributed by atoms with Crippen molar-refractivity contribution >= 4 is 5.91 Å². The fraction of sp³-hybridized carbons (Fsp3) is 0.238. The van der Waals surface area contributed by atoms with Crippen LogP contribution in [0, 0.1) is 5.82 Å². The molecule has 0 bridgehead atoms. The molecule has 0 atom stereocenters. The zero-order valence-electron chi connectivity index (χ0n) is 16.2. The van der Waals surface area contributed by atoms with Gasteiger partial charge in [-0.25, -0.2) is 18.2 Å². The smallest absolute Gasteiger partial charge is 0.417 e. The molecule has 2 N–H and O–H groups in total. The second-order valence-electron chi connectivity index (χ2n) is 7.31. The van der Waals surface area contributed by atoms with E-state index in [1.807, 2.05) is 0 Å². The molecule has 11 heteroatoms. The van der Waals surface area contributed by atoms with E-state index in [1.54, 1.807) is 0 Å². The Morgan fingerprint density at radius 3 is 2.38 bits per heavy atom. The van der Waals surface area contributed by atoms with E-state index < -0.39 is 42.5 Å². The third-order valence-electron chi connectivity index (χ3n) is 4.97. The number of carbonyl (C=O) groups excluding carboxylic acids is 1. The molecule has 0 saturated carbocycles. The van der Waals surface area contributed by atoms with Gasteiger partial charge in [0, 0.05) is 16.7 Å². The summed E-state index contributed by atoms with van der Waals surface area (Å²) in [4.78, 5) is 16.8. The number of carbonyl (C=O) groups is 1. The lowest BCUT2D eigenvalue weighted by molar-refractivity contribution is -0.137. The topological polar surface area (TPSA) is 72.4 Å². The van der Waals surface area contributed by atoms with Crippen LogP contribution in [-0.2, 0) is 12.7 Å². The summed E-state index contributed by atoms with van der Waals surface area (Å²) < 4.78 is 86.9. The van der Waals surface area contributed by atoms with E-state index in [-0.39, 0.29) is 40.4 Å². The third-order valence-corrected chi connectivity index (χ3v) is 4.97.